The van der Waals surface area contributed by atoms with Gasteiger partial charge in [-0.25, -0.2) is 27.3 Å². The normalized spacial score (nSPS) is 14.8. The van der Waals surface area contributed by atoms with E-state index in [0.29, 0.717) is 43.8 Å². The van der Waals surface area contributed by atoms with Gasteiger partial charge in [-0.05, 0) is 65.6 Å². The number of halogens is 5. The van der Waals surface area contributed by atoms with Crippen LogP contribution >= 0.6 is 23.5 Å². The Labute approximate surface area is 269 Å². The Morgan fingerprint density at radius 3 is 2.54 bits per heavy atom. The summed E-state index contributed by atoms with van der Waals surface area (Å²) in [7, 11) is 1.16. The molecule has 0 saturated carbocycles. The second-order valence-corrected chi connectivity index (χ2v) is 11.6. The number of carbonyl (C=O) groups excluding carboxylic acids is 1. The molecule has 2 heterocycles. The number of carbonyl (C=O) groups is 1. The minimum Gasteiger partial charge on any atom is -0.466 e. The molecule has 2 aromatic heterocycles. The van der Waals surface area contributed by atoms with Crippen LogP contribution in [0, 0.1) is 17.1 Å². The van der Waals surface area contributed by atoms with Crippen molar-refractivity contribution in [3.05, 3.63) is 118 Å². The van der Waals surface area contributed by atoms with Crippen molar-refractivity contribution in [1.82, 2.24) is 13.9 Å². The third-order valence-corrected chi connectivity index (χ3v) is 8.84. The Hall–Kier alpha value is -4.92. The zero-order chi connectivity index (χ0) is 32.5. The van der Waals surface area contributed by atoms with E-state index in [1.54, 1.807) is 46.4 Å². The fourth-order valence-electron chi connectivity index (χ4n) is 5.33. The quantitative estimate of drug-likeness (QED) is 0.128. The number of hydrogen-bond donors (Lipinski definition) is 0. The first-order chi connectivity index (χ1) is 22.2. The van der Waals surface area contributed by atoms with Gasteiger partial charge in [-0.2, -0.15) is 5.26 Å². The van der Waals surface area contributed by atoms with Crippen molar-refractivity contribution >= 4 is 46.0 Å². The average Bonchev–Trinajstić information content (AvgIpc) is 3.37. The Morgan fingerprint density at radius 1 is 1.09 bits per heavy atom. The molecular weight excluding hydrogens is 640 g/mol. The number of aromatic nitrogens is 3. The molecule has 0 aliphatic heterocycles. The van der Waals surface area contributed by atoms with Gasteiger partial charge in [-0.1, -0.05) is 41.9 Å². The third kappa shape index (κ3) is 5.77. The van der Waals surface area contributed by atoms with E-state index in [2.05, 4.69) is 20.8 Å². The van der Waals surface area contributed by atoms with Gasteiger partial charge in [0.15, 0.2) is 5.69 Å². The van der Waals surface area contributed by atoms with Crippen LogP contribution in [0.5, 0.6) is 0 Å². The summed E-state index contributed by atoms with van der Waals surface area (Å²) in [5, 5.41) is 10.5. The van der Waals surface area contributed by atoms with Gasteiger partial charge in [0.25, 0.3) is 6.43 Å². The number of esters is 1. The predicted molar refractivity (Wildman–Crippen MR) is 168 cm³/mol. The molecule has 5 aromatic rings. The smallest absolute Gasteiger partial charge is 0.336 e. The van der Waals surface area contributed by atoms with Crippen LogP contribution in [-0.4, -0.2) is 33.2 Å². The molecule has 1 aliphatic carbocycles. The van der Waals surface area contributed by atoms with Crippen LogP contribution in [-0.2, 0) is 9.53 Å². The second-order valence-electron chi connectivity index (χ2n) is 10.2. The Bertz CT molecular complexity index is 2110. The van der Waals surface area contributed by atoms with Crippen LogP contribution < -0.4 is 0 Å². The van der Waals surface area contributed by atoms with Crippen molar-refractivity contribution in [2.45, 2.75) is 23.9 Å². The SMILES string of the molecule is COC(=O)C1=CC(Cl)=C(c2cccc(-c3c(-c4nccnc4C#N)c4cc(F)ccc4n3Sc3ccc(C(F)F)cc3)c2)CC1F. The minimum atomic E-state index is -2.64. The maximum atomic E-state index is 15.2. The summed E-state index contributed by atoms with van der Waals surface area (Å²) in [6.45, 7) is 0. The van der Waals surface area contributed by atoms with E-state index in [0.717, 1.165) is 7.11 Å². The van der Waals surface area contributed by atoms with Crippen LogP contribution in [0.2, 0.25) is 0 Å². The molecule has 0 N–H and O–H groups in total. The monoisotopic (exact) mass is 660 g/mol. The van der Waals surface area contributed by atoms with Crippen LogP contribution in [0.4, 0.5) is 17.6 Å². The molecule has 0 bridgehead atoms. The van der Waals surface area contributed by atoms with Gasteiger partial charge in [0.2, 0.25) is 0 Å². The molecule has 1 unspecified atom stereocenters. The highest BCUT2D eigenvalue weighted by Gasteiger charge is 2.30. The van der Waals surface area contributed by atoms with Gasteiger partial charge < -0.3 is 4.74 Å². The zero-order valence-electron chi connectivity index (χ0n) is 23.8. The Kier molecular flexibility index (Phi) is 8.67. The van der Waals surface area contributed by atoms with Crippen molar-refractivity contribution in [2.75, 3.05) is 7.11 Å². The van der Waals surface area contributed by atoms with Crippen molar-refractivity contribution in [1.29, 1.82) is 5.26 Å². The highest BCUT2D eigenvalue weighted by molar-refractivity contribution is 7.98. The molecule has 0 fully saturated rings. The number of hydrogen-bond acceptors (Lipinski definition) is 6. The van der Waals surface area contributed by atoms with E-state index < -0.39 is 24.4 Å². The summed E-state index contributed by atoms with van der Waals surface area (Å²) >= 11 is 7.77. The standard InChI is InChI=1S/C34H21ClF4N4O2S/c1-45-34(44)24-15-26(35)23(16-27(24)37)19-3-2-4-20(13-19)32-30(31-28(17-40)41-11-12-42-31)25-14-21(36)7-10-29(25)43(32)46-22-8-5-18(6-9-22)33(38)39/h2-15,27,33H,16H2,1H3. The number of nitrogens with zero attached hydrogens (tertiary/aromatic N) is 4. The lowest BCUT2D eigenvalue weighted by Gasteiger charge is -2.20. The van der Waals surface area contributed by atoms with Crippen molar-refractivity contribution in [3.8, 4) is 28.6 Å². The fraction of sp³-hybridized carbons (Fsp3) is 0.118. The molecule has 1 atom stereocenters. The molecule has 6 nitrogen and oxygen atoms in total. The summed E-state index contributed by atoms with van der Waals surface area (Å²) in [6.07, 6.45) is -0.409. The maximum Gasteiger partial charge on any atom is 0.336 e. The number of ether oxygens (including phenoxy) is 1. The first kappa shape index (κ1) is 31.1. The van der Waals surface area contributed by atoms with Crippen LogP contribution in [0.3, 0.4) is 0 Å². The van der Waals surface area contributed by atoms with Crippen LogP contribution in [0.25, 0.3) is 39.0 Å². The van der Waals surface area contributed by atoms with Gasteiger partial charge in [0.05, 0.1) is 23.9 Å². The lowest BCUT2D eigenvalue weighted by Crippen LogP contribution is -2.19. The summed E-state index contributed by atoms with van der Waals surface area (Å²) in [5.74, 6) is -1.34. The van der Waals surface area contributed by atoms with Gasteiger partial charge in [-0.3, -0.25) is 8.96 Å². The van der Waals surface area contributed by atoms with Crippen molar-refractivity contribution < 1.29 is 27.1 Å². The highest BCUT2D eigenvalue weighted by atomic mass is 35.5. The van der Waals surface area contributed by atoms with E-state index in [4.69, 9.17) is 11.6 Å². The van der Waals surface area contributed by atoms with Gasteiger partial charge in [-0.15, -0.1) is 0 Å². The number of alkyl halides is 3. The molecule has 0 radical (unpaired) electrons. The molecule has 0 saturated heterocycles. The number of allylic oxidation sites excluding steroid dienone is 3. The predicted octanol–water partition coefficient (Wildman–Crippen LogP) is 9.06. The number of nitriles is 1. The van der Waals surface area contributed by atoms with E-state index in [1.807, 2.05) is 0 Å². The zero-order valence-corrected chi connectivity index (χ0v) is 25.4. The molecule has 230 valence electrons. The van der Waals surface area contributed by atoms with E-state index in [1.165, 1.54) is 54.7 Å². The molecule has 12 heteroatoms. The van der Waals surface area contributed by atoms with E-state index >= 15 is 4.39 Å². The van der Waals surface area contributed by atoms with E-state index in [-0.39, 0.29) is 34.0 Å². The van der Waals surface area contributed by atoms with Crippen LogP contribution in [0.1, 0.15) is 29.7 Å². The Balaban J connectivity index is 1.61. The van der Waals surface area contributed by atoms with Gasteiger partial charge >= 0.3 is 5.97 Å². The number of benzene rings is 3. The molecular formula is C34H21ClF4N4O2S. The number of fused-ring (bicyclic) bond motifs is 1. The lowest BCUT2D eigenvalue weighted by atomic mass is 9.90. The summed E-state index contributed by atoms with van der Waals surface area (Å²) in [4.78, 5) is 21.3. The Morgan fingerprint density at radius 2 is 1.83 bits per heavy atom. The first-order valence-electron chi connectivity index (χ1n) is 13.8. The summed E-state index contributed by atoms with van der Waals surface area (Å²) < 4.78 is 63.1. The molecule has 1 aliphatic rings. The topological polar surface area (TPSA) is 80.8 Å². The number of rotatable bonds is 7. The fourth-order valence-corrected chi connectivity index (χ4v) is 6.65. The molecule has 0 spiro atoms. The minimum absolute atomic E-state index is 0.00767. The third-order valence-electron chi connectivity index (χ3n) is 7.45. The van der Waals surface area contributed by atoms with Gasteiger partial charge in [0.1, 0.15) is 23.8 Å². The van der Waals surface area contributed by atoms with Crippen molar-refractivity contribution in [3.63, 3.8) is 0 Å². The first-order valence-corrected chi connectivity index (χ1v) is 14.9. The highest BCUT2D eigenvalue weighted by Crippen LogP contribution is 2.46. The second kappa shape index (κ2) is 12.8. The lowest BCUT2D eigenvalue weighted by molar-refractivity contribution is -0.136. The average molecular weight is 661 g/mol. The van der Waals surface area contributed by atoms with Crippen molar-refractivity contribution in [2.24, 2.45) is 0 Å². The van der Waals surface area contributed by atoms with Gasteiger partial charge in [0, 0.05) is 50.8 Å². The summed E-state index contributed by atoms with van der Waals surface area (Å²) in [5.41, 5.74) is 2.94. The molecule has 6 rings (SSSR count). The molecule has 3 aromatic carbocycles. The molecule has 0 amide bonds. The molecule has 46 heavy (non-hydrogen) atoms. The maximum absolute atomic E-state index is 15.2. The largest absolute Gasteiger partial charge is 0.466 e. The number of methoxy groups -OCH3 is 1. The summed E-state index contributed by atoms with van der Waals surface area (Å²) in [6, 6.07) is 19.1. The van der Waals surface area contributed by atoms with E-state index in [9.17, 15) is 23.2 Å². The van der Waals surface area contributed by atoms with Crippen LogP contribution in [0.15, 0.2) is 101 Å².